The molecule has 0 fully saturated rings. The van der Waals surface area contributed by atoms with Gasteiger partial charge in [-0.25, -0.2) is 4.98 Å². The predicted octanol–water partition coefficient (Wildman–Crippen LogP) is 3.79. The van der Waals surface area contributed by atoms with Crippen molar-refractivity contribution in [3.63, 3.8) is 0 Å². The van der Waals surface area contributed by atoms with Gasteiger partial charge in [-0.05, 0) is 43.2 Å². The van der Waals surface area contributed by atoms with Gasteiger partial charge >= 0.3 is 0 Å². The van der Waals surface area contributed by atoms with E-state index in [1.54, 1.807) is 12.3 Å². The average molecular weight is 314 g/mol. The van der Waals surface area contributed by atoms with Crippen LogP contribution in [-0.2, 0) is 11.2 Å². The smallest absolute Gasteiger partial charge is 0.230 e. The summed E-state index contributed by atoms with van der Waals surface area (Å²) in [6.45, 7) is 4.02. The normalized spacial score (nSPS) is 10.9. The molecule has 22 heavy (non-hydrogen) atoms. The van der Waals surface area contributed by atoms with E-state index in [1.807, 2.05) is 48.7 Å². The first-order valence-electron chi connectivity index (χ1n) is 7.02. The molecule has 3 aromatic rings. The lowest BCUT2D eigenvalue weighted by Gasteiger charge is -2.09. The van der Waals surface area contributed by atoms with Crippen molar-refractivity contribution in [1.29, 1.82) is 0 Å². The zero-order chi connectivity index (χ0) is 15.7. The highest BCUT2D eigenvalue weighted by Gasteiger charge is 2.10. The van der Waals surface area contributed by atoms with Gasteiger partial charge in [-0.2, -0.15) is 0 Å². The lowest BCUT2D eigenvalue weighted by molar-refractivity contribution is -0.115. The Morgan fingerprint density at radius 2 is 2.05 bits per heavy atom. The summed E-state index contributed by atoms with van der Waals surface area (Å²) in [6.07, 6.45) is 3.83. The van der Waals surface area contributed by atoms with Gasteiger partial charge in [0.2, 0.25) is 5.91 Å². The zero-order valence-corrected chi connectivity index (χ0v) is 13.2. The summed E-state index contributed by atoms with van der Waals surface area (Å²) in [6, 6.07) is 9.48. The third-order valence-corrected chi connectivity index (χ3v) is 3.91. The molecule has 1 amide bonds. The maximum atomic E-state index is 12.2. The molecule has 3 rings (SSSR count). The fourth-order valence-corrected chi connectivity index (χ4v) is 2.52. The number of nitrogens with zero attached hydrogens (tertiary/aromatic N) is 2. The Morgan fingerprint density at radius 3 is 2.86 bits per heavy atom. The monoisotopic (exact) mass is 313 g/mol. The van der Waals surface area contributed by atoms with Crippen LogP contribution in [0.15, 0.2) is 42.7 Å². The number of halogens is 1. The number of rotatable bonds is 3. The van der Waals surface area contributed by atoms with Gasteiger partial charge in [0.25, 0.3) is 0 Å². The van der Waals surface area contributed by atoms with Gasteiger partial charge in [-0.1, -0.05) is 23.7 Å². The molecule has 4 nitrogen and oxygen atoms in total. The number of amides is 1. The molecule has 5 heteroatoms. The van der Waals surface area contributed by atoms with Crippen molar-refractivity contribution in [2.45, 2.75) is 20.3 Å². The molecule has 0 aliphatic heterocycles. The van der Waals surface area contributed by atoms with E-state index in [1.165, 1.54) is 0 Å². The van der Waals surface area contributed by atoms with Crippen molar-refractivity contribution >= 4 is 28.8 Å². The Morgan fingerprint density at radius 1 is 1.23 bits per heavy atom. The molecule has 0 aliphatic rings. The van der Waals surface area contributed by atoms with Gasteiger partial charge < -0.3 is 9.72 Å². The van der Waals surface area contributed by atoms with Gasteiger partial charge in [0, 0.05) is 18.1 Å². The summed E-state index contributed by atoms with van der Waals surface area (Å²) < 4.78 is 1.82. The van der Waals surface area contributed by atoms with Gasteiger partial charge in [-0.15, -0.1) is 0 Å². The summed E-state index contributed by atoms with van der Waals surface area (Å²) in [5.41, 5.74) is 4.57. The quantitative estimate of drug-likeness (QED) is 0.799. The number of nitrogens with one attached hydrogen (secondary N) is 1. The number of fused-ring (bicyclic) bond motifs is 1. The van der Waals surface area contributed by atoms with Crippen molar-refractivity contribution in [1.82, 2.24) is 9.38 Å². The highest BCUT2D eigenvalue weighted by molar-refractivity contribution is 6.30. The van der Waals surface area contributed by atoms with E-state index in [9.17, 15) is 4.79 Å². The first-order chi connectivity index (χ1) is 10.5. The van der Waals surface area contributed by atoms with Gasteiger partial charge in [0.05, 0.1) is 17.1 Å². The topological polar surface area (TPSA) is 46.4 Å². The Labute approximate surface area is 133 Å². The molecule has 0 bridgehead atoms. The number of benzene rings is 1. The van der Waals surface area contributed by atoms with Crippen molar-refractivity contribution < 1.29 is 4.79 Å². The van der Waals surface area contributed by atoms with Crippen LogP contribution < -0.4 is 5.32 Å². The molecule has 0 unspecified atom stereocenters. The van der Waals surface area contributed by atoms with Crippen LogP contribution in [0.4, 0.5) is 5.69 Å². The van der Waals surface area contributed by atoms with Crippen LogP contribution in [0.2, 0.25) is 5.02 Å². The summed E-state index contributed by atoms with van der Waals surface area (Å²) in [5, 5.41) is 3.58. The van der Waals surface area contributed by atoms with Crippen LogP contribution in [0.3, 0.4) is 0 Å². The molecule has 0 aliphatic carbocycles. The number of aryl methyl sites for hydroxylation is 1. The fraction of sp³-hybridized carbons (Fsp3) is 0.176. The van der Waals surface area contributed by atoms with Crippen LogP contribution in [-0.4, -0.2) is 15.3 Å². The highest BCUT2D eigenvalue weighted by Crippen LogP contribution is 2.18. The standard InChI is InChI=1S/C17H16ClN3O/c1-11-4-3-5-15(12(11)2)20-17(22)8-14-10-21-9-13(18)6-7-16(21)19-14/h3-7,9-10H,8H2,1-2H3,(H,20,22). The maximum Gasteiger partial charge on any atom is 0.230 e. The Balaban J connectivity index is 1.76. The van der Waals surface area contributed by atoms with E-state index in [4.69, 9.17) is 11.6 Å². The minimum Gasteiger partial charge on any atom is -0.325 e. The fourth-order valence-electron chi connectivity index (χ4n) is 2.35. The molecule has 0 spiro atoms. The molecular formula is C17H16ClN3O. The molecule has 112 valence electrons. The number of hydrogen-bond donors (Lipinski definition) is 1. The average Bonchev–Trinajstić information content (AvgIpc) is 2.85. The van der Waals surface area contributed by atoms with Gasteiger partial charge in [0.1, 0.15) is 5.65 Å². The number of pyridine rings is 1. The van der Waals surface area contributed by atoms with E-state index >= 15 is 0 Å². The number of aromatic nitrogens is 2. The molecule has 0 atom stereocenters. The predicted molar refractivity (Wildman–Crippen MR) is 88.5 cm³/mol. The Hall–Kier alpha value is -2.33. The largest absolute Gasteiger partial charge is 0.325 e. The van der Waals surface area contributed by atoms with Crippen LogP contribution in [0.25, 0.3) is 5.65 Å². The minimum absolute atomic E-state index is 0.0804. The number of carbonyl (C=O) groups is 1. The number of carbonyl (C=O) groups excluding carboxylic acids is 1. The van der Waals surface area contributed by atoms with Crippen LogP contribution in [0, 0.1) is 13.8 Å². The summed E-state index contributed by atoms with van der Waals surface area (Å²) in [7, 11) is 0. The first kappa shape index (κ1) is 14.6. The van der Waals surface area contributed by atoms with Crippen molar-refractivity contribution in [3.8, 4) is 0 Å². The van der Waals surface area contributed by atoms with Crippen molar-refractivity contribution in [2.24, 2.45) is 0 Å². The van der Waals surface area contributed by atoms with Crippen LogP contribution in [0.5, 0.6) is 0 Å². The molecule has 2 heterocycles. The third kappa shape index (κ3) is 2.97. The second kappa shape index (κ2) is 5.81. The lowest BCUT2D eigenvalue weighted by atomic mass is 10.1. The summed E-state index contributed by atoms with van der Waals surface area (Å²) in [5.74, 6) is -0.0804. The molecule has 0 saturated heterocycles. The van der Waals surface area contributed by atoms with Crippen LogP contribution in [0.1, 0.15) is 16.8 Å². The second-order valence-corrected chi connectivity index (χ2v) is 5.75. The van der Waals surface area contributed by atoms with Crippen molar-refractivity contribution in [2.75, 3.05) is 5.32 Å². The van der Waals surface area contributed by atoms with Crippen molar-refractivity contribution in [3.05, 3.63) is 64.6 Å². The molecule has 1 aromatic carbocycles. The molecule has 2 aromatic heterocycles. The number of anilines is 1. The Bertz CT molecular complexity index is 854. The van der Waals surface area contributed by atoms with Gasteiger partial charge in [-0.3, -0.25) is 4.79 Å². The molecule has 0 saturated carbocycles. The number of imidazole rings is 1. The zero-order valence-electron chi connectivity index (χ0n) is 12.4. The first-order valence-corrected chi connectivity index (χ1v) is 7.40. The third-order valence-electron chi connectivity index (χ3n) is 3.69. The molecule has 0 radical (unpaired) electrons. The molecule has 1 N–H and O–H groups in total. The van der Waals surface area contributed by atoms with E-state index < -0.39 is 0 Å². The minimum atomic E-state index is -0.0804. The molecular weight excluding hydrogens is 298 g/mol. The Kier molecular flexibility index (Phi) is 3.86. The van der Waals surface area contributed by atoms with Gasteiger partial charge in [0.15, 0.2) is 0 Å². The van der Waals surface area contributed by atoms with E-state index in [2.05, 4.69) is 10.3 Å². The maximum absolute atomic E-state index is 12.2. The van der Waals surface area contributed by atoms with E-state index in [-0.39, 0.29) is 12.3 Å². The van der Waals surface area contributed by atoms with E-state index in [0.717, 1.165) is 22.5 Å². The van der Waals surface area contributed by atoms with Crippen LogP contribution >= 0.6 is 11.6 Å². The number of hydrogen-bond acceptors (Lipinski definition) is 2. The second-order valence-electron chi connectivity index (χ2n) is 5.32. The summed E-state index contributed by atoms with van der Waals surface area (Å²) >= 11 is 5.95. The van der Waals surface area contributed by atoms with E-state index in [0.29, 0.717) is 10.7 Å². The SMILES string of the molecule is Cc1cccc(NC(=O)Cc2cn3cc(Cl)ccc3n2)c1C. The highest BCUT2D eigenvalue weighted by atomic mass is 35.5. The lowest BCUT2D eigenvalue weighted by Crippen LogP contribution is -2.15. The summed E-state index contributed by atoms with van der Waals surface area (Å²) in [4.78, 5) is 16.6.